The molecule has 2 unspecified atom stereocenters. The van der Waals surface area contributed by atoms with E-state index < -0.39 is 18.3 Å². The molecule has 0 spiro atoms. The van der Waals surface area contributed by atoms with Gasteiger partial charge in [0.25, 0.3) is 0 Å². The summed E-state index contributed by atoms with van der Waals surface area (Å²) in [5.41, 5.74) is 5.25. The summed E-state index contributed by atoms with van der Waals surface area (Å²) in [5, 5.41) is 18.3. The lowest BCUT2D eigenvalue weighted by Crippen LogP contribution is -2.35. The fraction of sp³-hybridized carbons (Fsp3) is 1.00. The second-order valence-corrected chi connectivity index (χ2v) is 2.60. The number of ether oxygens (including phenoxy) is 1. The predicted molar refractivity (Wildman–Crippen MR) is 35.4 cm³/mol. The fourth-order valence-electron chi connectivity index (χ4n) is 1.13. The maximum atomic E-state index is 9.17. The van der Waals surface area contributed by atoms with Crippen molar-refractivity contribution in [2.24, 2.45) is 5.73 Å². The maximum Gasteiger partial charge on any atom is 0.110 e. The van der Waals surface area contributed by atoms with Crippen LogP contribution >= 0.6 is 0 Å². The highest BCUT2D eigenvalue weighted by Crippen LogP contribution is 2.19. The number of aliphatic hydroxyl groups is 2. The predicted octanol–water partition coefficient (Wildman–Crippen LogP) is -1.55. The Balaban J connectivity index is 2.53. The Kier molecular flexibility index (Phi) is 2.25. The second kappa shape index (κ2) is 2.84. The molecule has 1 fully saturated rings. The summed E-state index contributed by atoms with van der Waals surface area (Å²) in [5.74, 6) is 0. The van der Waals surface area contributed by atoms with Gasteiger partial charge in [0.15, 0.2) is 0 Å². The number of hydrogen-bond donors (Lipinski definition) is 3. The lowest BCUT2D eigenvalue weighted by atomic mass is 10.1. The Bertz CT molecular complexity index is 120. The molecule has 1 aliphatic rings. The van der Waals surface area contributed by atoms with E-state index in [4.69, 9.17) is 15.6 Å². The molecule has 4 N–H and O–H groups in total. The molecule has 1 aliphatic heterocycles. The van der Waals surface area contributed by atoms with Crippen LogP contribution in [0.4, 0.5) is 0 Å². The van der Waals surface area contributed by atoms with Crippen LogP contribution in [0.25, 0.3) is 0 Å². The molecule has 4 heteroatoms. The van der Waals surface area contributed by atoms with Gasteiger partial charge in [0.1, 0.15) is 12.2 Å². The molecule has 60 valence electrons. The van der Waals surface area contributed by atoms with Gasteiger partial charge in [-0.15, -0.1) is 0 Å². The molecular weight excluding hydrogens is 134 g/mol. The van der Waals surface area contributed by atoms with Crippen molar-refractivity contribution < 1.29 is 14.9 Å². The lowest BCUT2D eigenvalue weighted by molar-refractivity contribution is 0.0223. The van der Waals surface area contributed by atoms with Crippen LogP contribution in [0.5, 0.6) is 0 Å². The zero-order chi connectivity index (χ0) is 7.72. The smallest absolute Gasteiger partial charge is 0.110 e. The van der Waals surface area contributed by atoms with E-state index in [0.29, 0.717) is 0 Å². The van der Waals surface area contributed by atoms with E-state index in [1.807, 2.05) is 0 Å². The zero-order valence-corrected chi connectivity index (χ0v) is 5.90. The average Bonchev–Trinajstić information content (AvgIpc) is 2.17. The molecule has 0 aromatic heterocycles. The topological polar surface area (TPSA) is 75.7 Å². The molecule has 10 heavy (non-hydrogen) atoms. The van der Waals surface area contributed by atoms with Crippen LogP contribution in [0.1, 0.15) is 6.92 Å². The summed E-state index contributed by atoms with van der Waals surface area (Å²) in [6.45, 7) is 1.96. The van der Waals surface area contributed by atoms with Gasteiger partial charge in [0, 0.05) is 6.54 Å². The van der Waals surface area contributed by atoms with Crippen LogP contribution in [0.15, 0.2) is 0 Å². The van der Waals surface area contributed by atoms with Crippen molar-refractivity contribution in [1.29, 1.82) is 0 Å². The van der Waals surface area contributed by atoms with E-state index in [0.717, 1.165) is 0 Å². The molecular formula is C6H13NO3. The van der Waals surface area contributed by atoms with Gasteiger partial charge in [-0.2, -0.15) is 0 Å². The molecule has 4 atom stereocenters. The van der Waals surface area contributed by atoms with Crippen molar-refractivity contribution in [2.45, 2.75) is 31.3 Å². The third-order valence-corrected chi connectivity index (χ3v) is 1.83. The van der Waals surface area contributed by atoms with Crippen LogP contribution in [0, 0.1) is 0 Å². The highest BCUT2D eigenvalue weighted by molar-refractivity contribution is 4.88. The Morgan fingerprint density at radius 2 is 2.00 bits per heavy atom. The SMILES string of the molecule is C[C@H]1O[C@H](CN)C(O)C1O. The summed E-state index contributed by atoms with van der Waals surface area (Å²) in [4.78, 5) is 0. The quantitative estimate of drug-likeness (QED) is 0.420. The van der Waals surface area contributed by atoms with Crippen LogP contribution < -0.4 is 5.73 Å². The standard InChI is InChI=1S/C6H13NO3/c1-3-5(8)6(9)4(2-7)10-3/h3-6,8-9H,2,7H2,1H3/t3-,4-,5?,6?/m1/s1. The first kappa shape index (κ1) is 7.94. The van der Waals surface area contributed by atoms with Gasteiger partial charge in [-0.25, -0.2) is 0 Å². The van der Waals surface area contributed by atoms with Gasteiger partial charge in [-0.1, -0.05) is 0 Å². The highest BCUT2D eigenvalue weighted by atomic mass is 16.5. The summed E-state index contributed by atoms with van der Waals surface area (Å²) in [6.07, 6.45) is -2.30. The van der Waals surface area contributed by atoms with Crippen molar-refractivity contribution in [3.05, 3.63) is 0 Å². The maximum absolute atomic E-state index is 9.17. The largest absolute Gasteiger partial charge is 0.388 e. The van der Waals surface area contributed by atoms with Crippen LogP contribution in [0.3, 0.4) is 0 Å². The van der Waals surface area contributed by atoms with Crippen LogP contribution in [-0.2, 0) is 4.74 Å². The van der Waals surface area contributed by atoms with Crippen molar-refractivity contribution >= 4 is 0 Å². The van der Waals surface area contributed by atoms with E-state index in [1.54, 1.807) is 6.92 Å². The Morgan fingerprint density at radius 3 is 2.20 bits per heavy atom. The summed E-state index contributed by atoms with van der Waals surface area (Å²) < 4.78 is 5.11. The summed E-state index contributed by atoms with van der Waals surface area (Å²) in [6, 6.07) is 0. The molecule has 1 heterocycles. The molecule has 0 aliphatic carbocycles. The van der Waals surface area contributed by atoms with Crippen molar-refractivity contribution in [3.8, 4) is 0 Å². The number of hydrogen-bond acceptors (Lipinski definition) is 4. The van der Waals surface area contributed by atoms with Gasteiger partial charge in [0.05, 0.1) is 12.2 Å². The van der Waals surface area contributed by atoms with E-state index in [-0.39, 0.29) is 12.6 Å². The van der Waals surface area contributed by atoms with Crippen molar-refractivity contribution in [2.75, 3.05) is 6.54 Å². The first-order chi connectivity index (χ1) is 4.66. The summed E-state index contributed by atoms with van der Waals surface area (Å²) in [7, 11) is 0. The third-order valence-electron chi connectivity index (χ3n) is 1.83. The highest BCUT2D eigenvalue weighted by Gasteiger charge is 2.38. The molecule has 0 bridgehead atoms. The Labute approximate surface area is 59.6 Å². The minimum atomic E-state index is -0.819. The molecule has 0 aromatic carbocycles. The van der Waals surface area contributed by atoms with Crippen molar-refractivity contribution in [1.82, 2.24) is 0 Å². The van der Waals surface area contributed by atoms with Gasteiger partial charge >= 0.3 is 0 Å². The molecule has 0 amide bonds. The third kappa shape index (κ3) is 1.15. The zero-order valence-electron chi connectivity index (χ0n) is 5.90. The fourth-order valence-corrected chi connectivity index (χ4v) is 1.13. The normalized spacial score (nSPS) is 48.0. The molecule has 0 saturated carbocycles. The minimum absolute atomic E-state index is 0.253. The second-order valence-electron chi connectivity index (χ2n) is 2.60. The Morgan fingerprint density at radius 1 is 1.40 bits per heavy atom. The van der Waals surface area contributed by atoms with Gasteiger partial charge in [0.2, 0.25) is 0 Å². The van der Waals surface area contributed by atoms with Gasteiger partial charge in [-0.3, -0.25) is 0 Å². The molecule has 0 radical (unpaired) electrons. The number of nitrogens with two attached hydrogens (primary N) is 1. The Hall–Kier alpha value is -0.160. The number of rotatable bonds is 1. The van der Waals surface area contributed by atoms with Crippen LogP contribution in [0.2, 0.25) is 0 Å². The van der Waals surface area contributed by atoms with E-state index >= 15 is 0 Å². The molecule has 1 saturated heterocycles. The average molecular weight is 147 g/mol. The van der Waals surface area contributed by atoms with E-state index in [2.05, 4.69) is 0 Å². The molecule has 1 rings (SSSR count). The van der Waals surface area contributed by atoms with Gasteiger partial charge in [-0.05, 0) is 6.92 Å². The minimum Gasteiger partial charge on any atom is -0.388 e. The van der Waals surface area contributed by atoms with Gasteiger partial charge < -0.3 is 20.7 Å². The van der Waals surface area contributed by atoms with E-state index in [9.17, 15) is 5.11 Å². The van der Waals surface area contributed by atoms with Crippen LogP contribution in [-0.4, -0.2) is 41.2 Å². The monoisotopic (exact) mass is 147 g/mol. The molecule has 0 aromatic rings. The first-order valence-corrected chi connectivity index (χ1v) is 3.38. The van der Waals surface area contributed by atoms with Crippen molar-refractivity contribution in [3.63, 3.8) is 0 Å². The number of aliphatic hydroxyl groups excluding tert-OH is 2. The lowest BCUT2D eigenvalue weighted by Gasteiger charge is -2.10. The first-order valence-electron chi connectivity index (χ1n) is 3.38. The summed E-state index contributed by atoms with van der Waals surface area (Å²) >= 11 is 0. The van der Waals surface area contributed by atoms with E-state index in [1.165, 1.54) is 0 Å². The molecule has 4 nitrogen and oxygen atoms in total.